The van der Waals surface area contributed by atoms with Crippen LogP contribution >= 0.6 is 0 Å². The molecule has 110 valence electrons. The van der Waals surface area contributed by atoms with E-state index < -0.39 is 15.8 Å². The molecule has 2 rings (SSSR count). The number of sulfone groups is 1. The lowest BCUT2D eigenvalue weighted by atomic mass is 10.0. The maximum atomic E-state index is 11.7. The van der Waals surface area contributed by atoms with E-state index in [9.17, 15) is 13.2 Å². The molecule has 1 N–H and O–H groups in total. The fraction of sp³-hybridized carbons (Fsp3) is 0.917. The summed E-state index contributed by atoms with van der Waals surface area (Å²) in [6.45, 7) is 1.87. The van der Waals surface area contributed by atoms with Gasteiger partial charge in [0.05, 0.1) is 17.9 Å². The van der Waals surface area contributed by atoms with Crippen molar-refractivity contribution < 1.29 is 23.1 Å². The van der Waals surface area contributed by atoms with E-state index in [0.717, 1.165) is 25.9 Å². The molecule has 2 heterocycles. The summed E-state index contributed by atoms with van der Waals surface area (Å²) in [6, 6.07) is -0.137. The van der Waals surface area contributed by atoms with Gasteiger partial charge in [0, 0.05) is 31.8 Å². The zero-order chi connectivity index (χ0) is 13.9. The first-order valence-corrected chi connectivity index (χ1v) is 8.56. The fourth-order valence-electron chi connectivity index (χ4n) is 2.98. The number of carboxylic acids is 1. The number of hydrogen-bond donors (Lipinski definition) is 1. The summed E-state index contributed by atoms with van der Waals surface area (Å²) in [4.78, 5) is 13.0. The monoisotopic (exact) mass is 291 g/mol. The second-order valence-corrected chi connectivity index (χ2v) is 7.53. The van der Waals surface area contributed by atoms with Gasteiger partial charge in [0.25, 0.3) is 0 Å². The first-order chi connectivity index (χ1) is 8.98. The second kappa shape index (κ2) is 6.19. The van der Waals surface area contributed by atoms with Crippen molar-refractivity contribution in [2.24, 2.45) is 0 Å². The highest BCUT2D eigenvalue weighted by atomic mass is 32.2. The Hall–Kier alpha value is -0.660. The van der Waals surface area contributed by atoms with E-state index in [0.29, 0.717) is 13.2 Å². The Kier molecular flexibility index (Phi) is 4.81. The summed E-state index contributed by atoms with van der Waals surface area (Å²) in [5.41, 5.74) is 0. The van der Waals surface area contributed by atoms with Crippen molar-refractivity contribution >= 4 is 15.8 Å². The number of ether oxygens (including phenoxy) is 1. The highest BCUT2D eigenvalue weighted by Gasteiger charge is 2.36. The Morgan fingerprint density at radius 3 is 2.84 bits per heavy atom. The minimum absolute atomic E-state index is 0.0311. The van der Waals surface area contributed by atoms with Gasteiger partial charge in [-0.3, -0.25) is 9.69 Å². The molecule has 0 spiro atoms. The normalized spacial score (nSPS) is 32.6. The van der Waals surface area contributed by atoms with E-state index in [-0.39, 0.29) is 30.0 Å². The van der Waals surface area contributed by atoms with Gasteiger partial charge in [0.1, 0.15) is 0 Å². The molecular weight excluding hydrogens is 270 g/mol. The number of nitrogens with zero attached hydrogens (tertiary/aromatic N) is 1. The minimum atomic E-state index is -3.09. The quantitative estimate of drug-likeness (QED) is 0.795. The molecule has 2 saturated heterocycles. The molecule has 0 aromatic carbocycles. The van der Waals surface area contributed by atoms with Gasteiger partial charge >= 0.3 is 5.97 Å². The molecule has 2 aliphatic heterocycles. The highest BCUT2D eigenvalue weighted by Crippen LogP contribution is 2.23. The zero-order valence-electron chi connectivity index (χ0n) is 11.0. The van der Waals surface area contributed by atoms with Crippen molar-refractivity contribution in [3.8, 4) is 0 Å². The summed E-state index contributed by atoms with van der Waals surface area (Å²) in [5, 5.41) is 8.96. The van der Waals surface area contributed by atoms with Crippen LogP contribution in [0.1, 0.15) is 25.7 Å². The first-order valence-electron chi connectivity index (χ1n) is 6.73. The van der Waals surface area contributed by atoms with Gasteiger partial charge in [-0.05, 0) is 19.3 Å². The van der Waals surface area contributed by atoms with Crippen molar-refractivity contribution in [3.63, 3.8) is 0 Å². The Morgan fingerprint density at radius 2 is 2.11 bits per heavy atom. The predicted octanol–water partition coefficient (Wildman–Crippen LogP) is 0.129. The highest BCUT2D eigenvalue weighted by molar-refractivity contribution is 7.91. The topological polar surface area (TPSA) is 83.9 Å². The third-order valence-electron chi connectivity index (χ3n) is 3.88. The molecule has 0 aromatic rings. The van der Waals surface area contributed by atoms with E-state index in [1.807, 2.05) is 0 Å². The number of hydrogen-bond acceptors (Lipinski definition) is 5. The molecule has 0 bridgehead atoms. The first kappa shape index (κ1) is 14.7. The Balaban J connectivity index is 2.09. The molecule has 19 heavy (non-hydrogen) atoms. The van der Waals surface area contributed by atoms with Crippen LogP contribution in [0, 0.1) is 0 Å². The maximum absolute atomic E-state index is 11.7. The lowest BCUT2D eigenvalue weighted by Crippen LogP contribution is -2.53. The van der Waals surface area contributed by atoms with E-state index in [4.69, 9.17) is 9.84 Å². The van der Waals surface area contributed by atoms with Gasteiger partial charge in [-0.15, -0.1) is 0 Å². The Bertz CT molecular complexity index is 414. The van der Waals surface area contributed by atoms with E-state index >= 15 is 0 Å². The van der Waals surface area contributed by atoms with Crippen LogP contribution in [0.2, 0.25) is 0 Å². The summed E-state index contributed by atoms with van der Waals surface area (Å²) < 4.78 is 28.8. The van der Waals surface area contributed by atoms with Crippen LogP contribution in [0.25, 0.3) is 0 Å². The second-order valence-electron chi connectivity index (χ2n) is 5.30. The molecule has 0 amide bonds. The van der Waals surface area contributed by atoms with Crippen LogP contribution in [0.5, 0.6) is 0 Å². The molecule has 0 saturated carbocycles. The van der Waals surface area contributed by atoms with Crippen LogP contribution in [0.3, 0.4) is 0 Å². The van der Waals surface area contributed by atoms with Crippen molar-refractivity contribution in [2.45, 2.75) is 37.8 Å². The number of carboxylic acid groups (broad SMARTS) is 1. The van der Waals surface area contributed by atoms with Crippen molar-refractivity contribution in [3.05, 3.63) is 0 Å². The molecule has 0 aromatic heterocycles. The van der Waals surface area contributed by atoms with E-state index in [1.54, 1.807) is 0 Å². The van der Waals surface area contributed by atoms with Gasteiger partial charge in [0.15, 0.2) is 9.84 Å². The zero-order valence-corrected chi connectivity index (χ0v) is 11.8. The molecule has 7 heteroatoms. The molecule has 2 fully saturated rings. The molecule has 2 unspecified atom stereocenters. The third-order valence-corrected chi connectivity index (χ3v) is 5.57. The summed E-state index contributed by atoms with van der Waals surface area (Å²) in [6.07, 6.45) is 2.66. The third kappa shape index (κ3) is 4.15. The van der Waals surface area contributed by atoms with Crippen molar-refractivity contribution in [1.82, 2.24) is 4.90 Å². The van der Waals surface area contributed by atoms with Crippen LogP contribution in [0.15, 0.2) is 0 Å². The number of carbonyl (C=O) groups is 1. The van der Waals surface area contributed by atoms with Crippen LogP contribution in [-0.2, 0) is 19.4 Å². The summed E-state index contributed by atoms with van der Waals surface area (Å²) >= 11 is 0. The molecule has 0 radical (unpaired) electrons. The summed E-state index contributed by atoms with van der Waals surface area (Å²) in [5.74, 6) is -0.825. The van der Waals surface area contributed by atoms with Gasteiger partial charge in [0.2, 0.25) is 0 Å². The smallest absolute Gasteiger partial charge is 0.304 e. The Labute approximate surface area is 113 Å². The standard InChI is InChI=1S/C12H21NO5S/c14-12(15)8-11-9-19(16,17)7-4-13(11)10-2-1-5-18-6-3-10/h10-11H,1-9H2,(H,14,15). The average molecular weight is 291 g/mol. The van der Waals surface area contributed by atoms with Crippen molar-refractivity contribution in [1.29, 1.82) is 0 Å². The van der Waals surface area contributed by atoms with Crippen LogP contribution < -0.4 is 0 Å². The maximum Gasteiger partial charge on any atom is 0.304 e. The predicted molar refractivity (Wildman–Crippen MR) is 69.9 cm³/mol. The van der Waals surface area contributed by atoms with Crippen LogP contribution in [0.4, 0.5) is 0 Å². The van der Waals surface area contributed by atoms with E-state index in [1.165, 1.54) is 0 Å². The average Bonchev–Trinajstić information content (AvgIpc) is 2.56. The van der Waals surface area contributed by atoms with Gasteiger partial charge in [-0.2, -0.15) is 0 Å². The molecule has 2 atom stereocenters. The van der Waals surface area contributed by atoms with Crippen molar-refractivity contribution in [2.75, 3.05) is 31.3 Å². The minimum Gasteiger partial charge on any atom is -0.481 e. The number of rotatable bonds is 3. The fourth-order valence-corrected chi connectivity index (χ4v) is 4.53. The SMILES string of the molecule is O=C(O)CC1CS(=O)(=O)CCN1C1CCCOCC1. The summed E-state index contributed by atoms with van der Waals surface area (Å²) in [7, 11) is -3.09. The Morgan fingerprint density at radius 1 is 1.32 bits per heavy atom. The van der Waals surface area contributed by atoms with Gasteiger partial charge < -0.3 is 9.84 Å². The lowest BCUT2D eigenvalue weighted by molar-refractivity contribution is -0.138. The molecular formula is C12H21NO5S. The lowest BCUT2D eigenvalue weighted by Gasteiger charge is -2.40. The molecule has 2 aliphatic rings. The van der Waals surface area contributed by atoms with E-state index in [2.05, 4.69) is 4.90 Å². The van der Waals surface area contributed by atoms with Crippen LogP contribution in [-0.4, -0.2) is 67.7 Å². The molecule has 6 nitrogen and oxygen atoms in total. The van der Waals surface area contributed by atoms with Gasteiger partial charge in [-0.1, -0.05) is 0 Å². The number of aliphatic carboxylic acids is 1. The largest absolute Gasteiger partial charge is 0.481 e. The van der Waals surface area contributed by atoms with Gasteiger partial charge in [-0.25, -0.2) is 8.42 Å². The molecule has 0 aliphatic carbocycles.